The van der Waals surface area contributed by atoms with Gasteiger partial charge in [0, 0.05) is 6.07 Å². The Bertz CT molecular complexity index is 568. The molecule has 1 aromatic rings. The summed E-state index contributed by atoms with van der Waals surface area (Å²) in [6, 6.07) is 2.58. The van der Waals surface area contributed by atoms with Crippen LogP contribution in [0.1, 0.15) is 12.5 Å². The summed E-state index contributed by atoms with van der Waals surface area (Å²) in [7, 11) is -2.13. The van der Waals surface area contributed by atoms with Crippen molar-refractivity contribution >= 4 is 21.4 Å². The molecular weight excluding hydrogens is 260 g/mol. The van der Waals surface area contributed by atoms with Gasteiger partial charge in [0.1, 0.15) is 0 Å². The Morgan fingerprint density at radius 3 is 2.44 bits per heavy atom. The lowest BCUT2D eigenvalue weighted by atomic mass is 10.1. The fraction of sp³-hybridized carbons (Fsp3) is 0.400. The van der Waals surface area contributed by atoms with E-state index in [0.29, 0.717) is 12.0 Å². The van der Waals surface area contributed by atoms with Crippen LogP contribution in [0.25, 0.3) is 0 Å². The number of nitro groups is 1. The number of ether oxygens (including phenoxy) is 1. The van der Waals surface area contributed by atoms with E-state index in [0.717, 1.165) is 6.26 Å². The van der Waals surface area contributed by atoms with Crippen molar-refractivity contribution in [1.29, 1.82) is 0 Å². The van der Waals surface area contributed by atoms with Gasteiger partial charge in [-0.25, -0.2) is 8.42 Å². The van der Waals surface area contributed by atoms with Gasteiger partial charge in [-0.3, -0.25) is 14.8 Å². The lowest BCUT2D eigenvalue weighted by molar-refractivity contribution is -0.385. The first-order valence-electron chi connectivity index (χ1n) is 5.12. The molecule has 0 aliphatic rings. The predicted molar refractivity (Wildman–Crippen MR) is 67.5 cm³/mol. The van der Waals surface area contributed by atoms with Gasteiger partial charge in [-0.15, -0.1) is 0 Å². The Hall–Kier alpha value is -1.83. The Morgan fingerprint density at radius 2 is 2.06 bits per heavy atom. The summed E-state index contributed by atoms with van der Waals surface area (Å²) in [5, 5.41) is 10.9. The van der Waals surface area contributed by atoms with Gasteiger partial charge in [0.2, 0.25) is 10.0 Å². The van der Waals surface area contributed by atoms with E-state index in [-0.39, 0.29) is 17.1 Å². The standard InChI is InChI=1S/C10H14N2O5S/c1-4-7-9(12(13)14)6-5-8(10(7)17-2)11-18(3,15)16/h5-6,11H,4H2,1-3H3. The summed E-state index contributed by atoms with van der Waals surface area (Å²) in [5.74, 6) is 0.178. The monoisotopic (exact) mass is 274 g/mol. The number of benzene rings is 1. The van der Waals surface area contributed by atoms with Gasteiger partial charge in [0.05, 0.1) is 29.5 Å². The fourth-order valence-electron chi connectivity index (χ4n) is 1.64. The number of sulfonamides is 1. The van der Waals surface area contributed by atoms with Crippen molar-refractivity contribution in [2.24, 2.45) is 0 Å². The molecule has 8 heteroatoms. The predicted octanol–water partition coefficient (Wildman–Crippen LogP) is 1.54. The molecule has 0 saturated heterocycles. The lowest BCUT2D eigenvalue weighted by Crippen LogP contribution is -2.11. The minimum absolute atomic E-state index is 0.0894. The van der Waals surface area contributed by atoms with Crippen LogP contribution in [0.3, 0.4) is 0 Å². The van der Waals surface area contributed by atoms with Crippen molar-refractivity contribution in [3.05, 3.63) is 27.8 Å². The second-order valence-electron chi connectivity index (χ2n) is 3.63. The minimum Gasteiger partial charge on any atom is -0.494 e. The van der Waals surface area contributed by atoms with E-state index >= 15 is 0 Å². The summed E-state index contributed by atoms with van der Waals surface area (Å²) in [5.41, 5.74) is 0.465. The molecule has 0 saturated carbocycles. The Kier molecular flexibility index (Phi) is 4.12. The van der Waals surface area contributed by atoms with Crippen LogP contribution in [-0.4, -0.2) is 26.7 Å². The molecule has 0 aliphatic carbocycles. The van der Waals surface area contributed by atoms with E-state index < -0.39 is 14.9 Å². The van der Waals surface area contributed by atoms with Crippen molar-refractivity contribution in [1.82, 2.24) is 0 Å². The quantitative estimate of drug-likeness (QED) is 0.648. The smallest absolute Gasteiger partial charge is 0.276 e. The number of nitro benzene ring substituents is 1. The molecule has 0 aromatic heterocycles. The number of anilines is 1. The number of methoxy groups -OCH3 is 1. The molecule has 1 rings (SSSR count). The summed E-state index contributed by atoms with van der Waals surface area (Å²) in [6.07, 6.45) is 1.36. The summed E-state index contributed by atoms with van der Waals surface area (Å²) < 4.78 is 29.7. The van der Waals surface area contributed by atoms with Gasteiger partial charge in [0.15, 0.2) is 5.75 Å². The highest BCUT2D eigenvalue weighted by Crippen LogP contribution is 2.36. The molecule has 0 aliphatic heterocycles. The van der Waals surface area contributed by atoms with E-state index in [9.17, 15) is 18.5 Å². The van der Waals surface area contributed by atoms with Crippen LogP contribution in [0.4, 0.5) is 11.4 Å². The lowest BCUT2D eigenvalue weighted by Gasteiger charge is -2.13. The molecular formula is C10H14N2O5S. The van der Waals surface area contributed by atoms with Crippen molar-refractivity contribution in [3.8, 4) is 5.75 Å². The average Bonchev–Trinajstić information content (AvgIpc) is 2.25. The number of hydrogen-bond acceptors (Lipinski definition) is 5. The van der Waals surface area contributed by atoms with Crippen molar-refractivity contribution in [2.75, 3.05) is 18.1 Å². The van der Waals surface area contributed by atoms with Gasteiger partial charge in [-0.2, -0.15) is 0 Å². The molecule has 0 spiro atoms. The maximum atomic E-state index is 11.2. The van der Waals surface area contributed by atoms with Gasteiger partial charge >= 0.3 is 0 Å². The maximum absolute atomic E-state index is 11.2. The van der Waals surface area contributed by atoms with E-state index in [2.05, 4.69) is 4.72 Å². The van der Waals surface area contributed by atoms with Crippen LogP contribution < -0.4 is 9.46 Å². The zero-order chi connectivity index (χ0) is 13.9. The van der Waals surface area contributed by atoms with E-state index in [1.807, 2.05) is 0 Å². The van der Waals surface area contributed by atoms with Gasteiger partial charge in [-0.05, 0) is 12.5 Å². The molecule has 1 N–H and O–H groups in total. The summed E-state index contributed by atoms with van der Waals surface area (Å²) in [4.78, 5) is 10.3. The zero-order valence-electron chi connectivity index (χ0n) is 10.3. The largest absolute Gasteiger partial charge is 0.494 e. The first-order valence-corrected chi connectivity index (χ1v) is 7.01. The van der Waals surface area contributed by atoms with Crippen molar-refractivity contribution in [2.45, 2.75) is 13.3 Å². The molecule has 0 fully saturated rings. The minimum atomic E-state index is -3.47. The zero-order valence-corrected chi connectivity index (χ0v) is 11.1. The average molecular weight is 274 g/mol. The van der Waals surface area contributed by atoms with E-state index in [4.69, 9.17) is 4.74 Å². The van der Waals surface area contributed by atoms with Crippen molar-refractivity contribution in [3.63, 3.8) is 0 Å². The van der Waals surface area contributed by atoms with Crippen molar-refractivity contribution < 1.29 is 18.1 Å². The second kappa shape index (κ2) is 5.21. The Morgan fingerprint density at radius 1 is 1.44 bits per heavy atom. The van der Waals surface area contributed by atoms with Crippen LogP contribution in [-0.2, 0) is 16.4 Å². The molecule has 0 atom stereocenters. The third-order valence-corrected chi connectivity index (χ3v) is 2.88. The molecule has 100 valence electrons. The van der Waals surface area contributed by atoms with Gasteiger partial charge in [0.25, 0.3) is 5.69 Å². The highest BCUT2D eigenvalue weighted by molar-refractivity contribution is 7.92. The third-order valence-electron chi connectivity index (χ3n) is 2.29. The fourth-order valence-corrected chi connectivity index (χ4v) is 2.20. The topological polar surface area (TPSA) is 98.5 Å². The van der Waals surface area contributed by atoms with Crippen LogP contribution in [0.15, 0.2) is 12.1 Å². The van der Waals surface area contributed by atoms with E-state index in [1.54, 1.807) is 6.92 Å². The normalized spacial score (nSPS) is 11.1. The Labute approximate surface area is 105 Å². The Balaban J connectivity index is 3.44. The highest BCUT2D eigenvalue weighted by Gasteiger charge is 2.21. The van der Waals surface area contributed by atoms with E-state index in [1.165, 1.54) is 19.2 Å². The molecule has 0 unspecified atom stereocenters. The van der Waals surface area contributed by atoms with Crippen LogP contribution in [0.2, 0.25) is 0 Å². The third kappa shape index (κ3) is 3.10. The van der Waals surface area contributed by atoms with Crippen LogP contribution in [0.5, 0.6) is 5.75 Å². The molecule has 0 bridgehead atoms. The molecule has 0 heterocycles. The first kappa shape index (κ1) is 14.2. The summed E-state index contributed by atoms with van der Waals surface area (Å²) >= 11 is 0. The molecule has 1 aromatic carbocycles. The SMILES string of the molecule is CCc1c([N+](=O)[O-])ccc(NS(C)(=O)=O)c1OC. The van der Waals surface area contributed by atoms with Gasteiger partial charge < -0.3 is 4.74 Å². The molecule has 0 amide bonds. The van der Waals surface area contributed by atoms with Crippen LogP contribution >= 0.6 is 0 Å². The second-order valence-corrected chi connectivity index (χ2v) is 5.38. The molecule has 0 radical (unpaired) electrons. The number of hydrogen-bond donors (Lipinski definition) is 1. The van der Waals surface area contributed by atoms with Gasteiger partial charge in [-0.1, -0.05) is 6.92 Å². The number of rotatable bonds is 5. The highest BCUT2D eigenvalue weighted by atomic mass is 32.2. The maximum Gasteiger partial charge on any atom is 0.276 e. The number of nitrogens with one attached hydrogen (secondary N) is 1. The molecule has 7 nitrogen and oxygen atoms in total. The number of nitrogens with zero attached hydrogens (tertiary/aromatic N) is 1. The van der Waals surface area contributed by atoms with Crippen LogP contribution in [0, 0.1) is 10.1 Å². The summed E-state index contributed by atoms with van der Waals surface area (Å²) in [6.45, 7) is 1.73. The molecule has 18 heavy (non-hydrogen) atoms. The first-order chi connectivity index (χ1) is 8.30.